The summed E-state index contributed by atoms with van der Waals surface area (Å²) in [4.78, 5) is 24.0. The third-order valence-electron chi connectivity index (χ3n) is 4.00. The number of benzene rings is 2. The second kappa shape index (κ2) is 5.42. The van der Waals surface area contributed by atoms with Gasteiger partial charge in [0.15, 0.2) is 23.5 Å². The van der Waals surface area contributed by atoms with Gasteiger partial charge in [-0.1, -0.05) is 11.6 Å². The zero-order valence-electron chi connectivity index (χ0n) is 13.1. The Morgan fingerprint density at radius 1 is 1.04 bits per heavy atom. The molecule has 2 aromatic rings. The van der Waals surface area contributed by atoms with Crippen LogP contribution in [0.15, 0.2) is 6.07 Å². The van der Waals surface area contributed by atoms with Gasteiger partial charge in [-0.3, -0.25) is 4.79 Å². The van der Waals surface area contributed by atoms with Crippen LogP contribution in [0.5, 0.6) is 28.7 Å². The van der Waals surface area contributed by atoms with Gasteiger partial charge < -0.3 is 19.7 Å². The summed E-state index contributed by atoms with van der Waals surface area (Å²) in [5.41, 5.74) is 0.757. The smallest absolute Gasteiger partial charge is 0.347 e. The molecule has 0 radical (unpaired) electrons. The largest absolute Gasteiger partial charge is 0.508 e. The van der Waals surface area contributed by atoms with E-state index in [1.165, 1.54) is 13.0 Å². The maximum absolute atomic E-state index is 12.6. The van der Waals surface area contributed by atoms with E-state index in [0.717, 1.165) is 0 Å². The number of aryl methyl sites for hydroxylation is 1. The molecule has 0 saturated carbocycles. The molecule has 0 spiro atoms. The Labute approximate surface area is 142 Å². The molecular weight excluding hydrogens is 336 g/mol. The fraction of sp³-hybridized carbons (Fsp3) is 0.176. The van der Waals surface area contributed by atoms with Gasteiger partial charge in [-0.25, -0.2) is 4.79 Å². The van der Waals surface area contributed by atoms with Gasteiger partial charge in [0.2, 0.25) is 0 Å². The number of hydrogen-bond donors (Lipinski definition) is 2. The number of halogens is 1. The Morgan fingerprint density at radius 3 is 2.33 bits per heavy atom. The van der Waals surface area contributed by atoms with Crippen molar-refractivity contribution in [2.75, 3.05) is 0 Å². The number of phenols is 2. The zero-order valence-corrected chi connectivity index (χ0v) is 13.8. The van der Waals surface area contributed by atoms with Crippen molar-refractivity contribution in [1.82, 2.24) is 0 Å². The number of aromatic hydroxyl groups is 2. The van der Waals surface area contributed by atoms with E-state index in [0.29, 0.717) is 17.4 Å². The zero-order chi connectivity index (χ0) is 17.8. The summed E-state index contributed by atoms with van der Waals surface area (Å²) in [6.45, 7) is 4.73. The van der Waals surface area contributed by atoms with E-state index in [1.807, 2.05) is 0 Å². The monoisotopic (exact) mass is 348 g/mol. The van der Waals surface area contributed by atoms with Crippen LogP contribution in [0.25, 0.3) is 0 Å². The molecule has 7 heteroatoms. The lowest BCUT2D eigenvalue weighted by molar-refractivity contribution is 0.0735. The molecule has 1 aliphatic heterocycles. The molecule has 1 aliphatic rings. The van der Waals surface area contributed by atoms with E-state index in [9.17, 15) is 19.8 Å². The second-order valence-electron chi connectivity index (χ2n) is 5.51. The number of rotatable bonds is 1. The van der Waals surface area contributed by atoms with Gasteiger partial charge in [0.25, 0.3) is 0 Å². The molecule has 2 aromatic carbocycles. The molecule has 0 saturated heterocycles. The van der Waals surface area contributed by atoms with Crippen LogP contribution in [0.1, 0.15) is 37.4 Å². The minimum Gasteiger partial charge on any atom is -0.508 e. The van der Waals surface area contributed by atoms with Crippen molar-refractivity contribution < 1.29 is 29.3 Å². The van der Waals surface area contributed by atoms with Crippen LogP contribution in [-0.4, -0.2) is 22.5 Å². The number of carbonyl (C=O) groups is 2. The van der Waals surface area contributed by atoms with E-state index in [2.05, 4.69) is 0 Å². The summed E-state index contributed by atoms with van der Waals surface area (Å²) in [5, 5.41) is 19.9. The molecule has 0 atom stereocenters. The van der Waals surface area contributed by atoms with Crippen molar-refractivity contribution in [3.8, 4) is 28.7 Å². The molecule has 1 heterocycles. The molecule has 3 rings (SSSR count). The minimum absolute atomic E-state index is 0.0469. The highest BCUT2D eigenvalue weighted by Gasteiger charge is 2.33. The topological polar surface area (TPSA) is 93.1 Å². The Hall–Kier alpha value is -2.73. The molecule has 0 fully saturated rings. The molecule has 0 aromatic heterocycles. The number of esters is 1. The van der Waals surface area contributed by atoms with E-state index in [4.69, 9.17) is 21.1 Å². The Kier molecular flexibility index (Phi) is 3.64. The van der Waals surface area contributed by atoms with Crippen molar-refractivity contribution in [1.29, 1.82) is 0 Å². The van der Waals surface area contributed by atoms with Gasteiger partial charge in [0.1, 0.15) is 22.6 Å². The first-order valence-corrected chi connectivity index (χ1v) is 7.39. The fourth-order valence-electron chi connectivity index (χ4n) is 2.62. The maximum atomic E-state index is 12.6. The second-order valence-corrected chi connectivity index (χ2v) is 5.89. The Morgan fingerprint density at radius 2 is 1.71 bits per heavy atom. The number of hydrogen-bond acceptors (Lipinski definition) is 6. The van der Waals surface area contributed by atoms with Crippen LogP contribution >= 0.6 is 11.6 Å². The number of fused-ring (bicyclic) bond motifs is 2. The lowest BCUT2D eigenvalue weighted by Crippen LogP contribution is -2.11. The van der Waals surface area contributed by atoms with Crippen molar-refractivity contribution in [3.05, 3.63) is 38.9 Å². The van der Waals surface area contributed by atoms with Crippen LogP contribution in [0.2, 0.25) is 5.02 Å². The van der Waals surface area contributed by atoms with Crippen molar-refractivity contribution >= 4 is 23.9 Å². The van der Waals surface area contributed by atoms with Gasteiger partial charge >= 0.3 is 5.97 Å². The van der Waals surface area contributed by atoms with E-state index in [1.54, 1.807) is 13.8 Å². The lowest BCUT2D eigenvalue weighted by Gasteiger charge is -2.15. The lowest BCUT2D eigenvalue weighted by atomic mass is 10.0. The molecule has 24 heavy (non-hydrogen) atoms. The number of aldehydes is 1. The standard InChI is InChI=1S/C17H13ClO6/c1-6-4-10(20)7(2)15-14(6)23-16-9(5-19)13(21)12(18)8(3)11(16)17(22)24-15/h4-5,20-21H,1-3H3. The van der Waals surface area contributed by atoms with E-state index in [-0.39, 0.29) is 44.7 Å². The quantitative estimate of drug-likeness (QED) is 0.462. The van der Waals surface area contributed by atoms with Crippen molar-refractivity contribution in [2.45, 2.75) is 20.8 Å². The van der Waals surface area contributed by atoms with Crippen LogP contribution in [0, 0.1) is 20.8 Å². The highest BCUT2D eigenvalue weighted by Crippen LogP contribution is 2.49. The van der Waals surface area contributed by atoms with Crippen LogP contribution in [0.4, 0.5) is 0 Å². The normalized spacial score (nSPS) is 12.6. The molecule has 2 N–H and O–H groups in total. The van der Waals surface area contributed by atoms with Crippen molar-refractivity contribution in [2.24, 2.45) is 0 Å². The Bertz CT molecular complexity index is 917. The summed E-state index contributed by atoms with van der Waals surface area (Å²) < 4.78 is 11.1. The predicted molar refractivity (Wildman–Crippen MR) is 85.9 cm³/mol. The average Bonchev–Trinajstić information content (AvgIpc) is 2.68. The molecule has 0 unspecified atom stereocenters. The van der Waals surface area contributed by atoms with Gasteiger partial charge in [0, 0.05) is 5.56 Å². The first kappa shape index (κ1) is 16.1. The van der Waals surface area contributed by atoms with Gasteiger partial charge in [0.05, 0.1) is 5.02 Å². The SMILES string of the molecule is Cc1cc(O)c(C)c2c1Oc1c(C=O)c(O)c(Cl)c(C)c1C(=O)O2. The third-order valence-corrected chi connectivity index (χ3v) is 4.46. The molecule has 0 bridgehead atoms. The average molecular weight is 349 g/mol. The first-order valence-electron chi connectivity index (χ1n) is 7.01. The summed E-state index contributed by atoms with van der Waals surface area (Å²) in [7, 11) is 0. The molecular formula is C17H13ClO6. The van der Waals surface area contributed by atoms with E-state index < -0.39 is 11.7 Å². The summed E-state index contributed by atoms with van der Waals surface area (Å²) in [6.07, 6.45) is 0.361. The van der Waals surface area contributed by atoms with Crippen molar-refractivity contribution in [3.63, 3.8) is 0 Å². The fourth-order valence-corrected chi connectivity index (χ4v) is 2.82. The van der Waals surface area contributed by atoms with Crippen LogP contribution in [-0.2, 0) is 0 Å². The van der Waals surface area contributed by atoms with E-state index >= 15 is 0 Å². The number of carbonyl (C=O) groups excluding carboxylic acids is 2. The predicted octanol–water partition coefficient (Wildman–Crippen LogP) is 3.81. The molecule has 0 aliphatic carbocycles. The maximum Gasteiger partial charge on any atom is 0.347 e. The summed E-state index contributed by atoms with van der Waals surface area (Å²) >= 11 is 6.00. The molecule has 6 nitrogen and oxygen atoms in total. The highest BCUT2D eigenvalue weighted by molar-refractivity contribution is 6.34. The Balaban J connectivity index is 2.40. The van der Waals surface area contributed by atoms with Crippen LogP contribution in [0.3, 0.4) is 0 Å². The van der Waals surface area contributed by atoms with Gasteiger partial charge in [-0.2, -0.15) is 0 Å². The summed E-state index contributed by atoms with van der Waals surface area (Å²) in [6, 6.07) is 1.45. The molecule has 0 amide bonds. The first-order chi connectivity index (χ1) is 11.3. The number of phenolic OH excluding ortho intramolecular Hbond substituents is 2. The molecule has 124 valence electrons. The van der Waals surface area contributed by atoms with Gasteiger partial charge in [-0.05, 0) is 38.0 Å². The number of ether oxygens (including phenoxy) is 2. The van der Waals surface area contributed by atoms with Crippen LogP contribution < -0.4 is 9.47 Å². The minimum atomic E-state index is -0.792. The summed E-state index contributed by atoms with van der Waals surface area (Å²) in [5.74, 6) is -1.20. The highest BCUT2D eigenvalue weighted by atomic mass is 35.5. The van der Waals surface area contributed by atoms with Gasteiger partial charge in [-0.15, -0.1) is 0 Å². The third kappa shape index (κ3) is 2.11.